The Hall–Kier alpha value is -6.24. The first kappa shape index (κ1) is 37.7. The highest BCUT2D eigenvalue weighted by Crippen LogP contribution is 2.63. The number of rotatable bonds is 0. The molecule has 0 amide bonds. The lowest BCUT2D eigenvalue weighted by molar-refractivity contribution is 0.587. The van der Waals surface area contributed by atoms with Gasteiger partial charge in [-0.3, -0.25) is 0 Å². The normalized spacial score (nSPS) is 18.2. The van der Waals surface area contributed by atoms with E-state index in [0.29, 0.717) is 0 Å². The monoisotopic (exact) mass is 786 g/mol. The third-order valence-electron chi connectivity index (χ3n) is 14.5. The smallest absolute Gasteiger partial charge is 0.0620 e. The van der Waals surface area contributed by atoms with Crippen LogP contribution in [0.25, 0.3) is 33.4 Å². The first-order chi connectivity index (χ1) is 29.3. The Morgan fingerprint density at radius 2 is 0.689 bits per heavy atom. The third kappa shape index (κ3) is 5.24. The third-order valence-corrected chi connectivity index (χ3v) is 14.5. The number of hydrogen-bond acceptors (Lipinski definition) is 0. The SMILES string of the molecule is Cc1ccc2c(c1)-c1ccccc1C21c2ccccc2-c2ccc(C(C)(C)C)cc21.Cc1ccc2c(c1)Cc1ccccc1C21c2ccccc2-c2ccc(C(C)(C)C)cc21. The van der Waals surface area contributed by atoms with Crippen molar-refractivity contribution in [1.82, 2.24) is 0 Å². The zero-order chi connectivity index (χ0) is 42.1. The van der Waals surface area contributed by atoms with Gasteiger partial charge in [-0.05, 0) is 131 Å². The van der Waals surface area contributed by atoms with Crippen LogP contribution in [-0.4, -0.2) is 0 Å². The fourth-order valence-electron chi connectivity index (χ4n) is 11.7. The molecule has 0 radical (unpaired) electrons. The van der Waals surface area contributed by atoms with E-state index in [4.69, 9.17) is 0 Å². The van der Waals surface area contributed by atoms with Gasteiger partial charge in [0.2, 0.25) is 0 Å². The van der Waals surface area contributed by atoms with E-state index in [1.807, 2.05) is 0 Å². The van der Waals surface area contributed by atoms with Gasteiger partial charge < -0.3 is 0 Å². The van der Waals surface area contributed by atoms with Crippen molar-refractivity contribution in [2.45, 2.75) is 83.5 Å². The van der Waals surface area contributed by atoms with E-state index in [-0.39, 0.29) is 21.7 Å². The molecule has 12 rings (SSSR count). The highest BCUT2D eigenvalue weighted by Gasteiger charge is 2.52. The van der Waals surface area contributed by atoms with Crippen molar-refractivity contribution >= 4 is 0 Å². The van der Waals surface area contributed by atoms with Crippen LogP contribution in [0.15, 0.2) is 170 Å². The molecular weight excluding hydrogens is 733 g/mol. The number of hydrogen-bond donors (Lipinski definition) is 0. The van der Waals surface area contributed by atoms with Gasteiger partial charge in [0.1, 0.15) is 0 Å². The first-order valence-corrected chi connectivity index (χ1v) is 22.2. The molecule has 0 saturated carbocycles. The van der Waals surface area contributed by atoms with Crippen molar-refractivity contribution < 1.29 is 0 Å². The van der Waals surface area contributed by atoms with E-state index in [2.05, 4.69) is 225 Å². The van der Waals surface area contributed by atoms with Crippen LogP contribution in [0.1, 0.15) is 119 Å². The molecule has 0 nitrogen and oxygen atoms in total. The van der Waals surface area contributed by atoms with Crippen molar-refractivity contribution in [3.63, 3.8) is 0 Å². The van der Waals surface area contributed by atoms with Gasteiger partial charge in [-0.25, -0.2) is 0 Å². The second kappa shape index (κ2) is 13.1. The van der Waals surface area contributed by atoms with Gasteiger partial charge in [0.25, 0.3) is 0 Å². The van der Waals surface area contributed by atoms with Gasteiger partial charge in [0, 0.05) is 0 Å². The van der Waals surface area contributed by atoms with Gasteiger partial charge in [0.15, 0.2) is 0 Å². The number of aryl methyl sites for hydroxylation is 2. The average Bonchev–Trinajstić information content (AvgIpc) is 3.83. The predicted octanol–water partition coefficient (Wildman–Crippen LogP) is 15.2. The van der Waals surface area contributed by atoms with E-state index in [1.165, 1.54) is 111 Å². The van der Waals surface area contributed by atoms with E-state index < -0.39 is 0 Å². The minimum Gasteiger partial charge on any atom is -0.0620 e. The lowest BCUT2D eigenvalue weighted by Crippen LogP contribution is -2.34. The molecule has 4 aliphatic carbocycles. The zero-order valence-electron chi connectivity index (χ0n) is 36.9. The van der Waals surface area contributed by atoms with Crippen LogP contribution in [0, 0.1) is 13.8 Å². The Bertz CT molecular complexity index is 3100. The summed E-state index contributed by atoms with van der Waals surface area (Å²) in [5, 5.41) is 0. The largest absolute Gasteiger partial charge is 0.0725 e. The maximum Gasteiger partial charge on any atom is 0.0725 e. The summed E-state index contributed by atoms with van der Waals surface area (Å²) in [5.41, 5.74) is 27.8. The van der Waals surface area contributed by atoms with Crippen LogP contribution >= 0.6 is 0 Å². The van der Waals surface area contributed by atoms with Gasteiger partial charge in [-0.2, -0.15) is 0 Å². The molecule has 0 aliphatic heterocycles. The molecule has 0 heterocycles. The Kier molecular flexibility index (Phi) is 8.12. The molecule has 8 aromatic carbocycles. The van der Waals surface area contributed by atoms with Gasteiger partial charge in [-0.1, -0.05) is 223 Å². The van der Waals surface area contributed by atoms with E-state index >= 15 is 0 Å². The fraction of sp³-hybridized carbons (Fsp3) is 0.213. The van der Waals surface area contributed by atoms with Crippen molar-refractivity contribution in [2.75, 3.05) is 0 Å². The minimum atomic E-state index is -0.245. The van der Waals surface area contributed by atoms with Crippen LogP contribution in [0.5, 0.6) is 0 Å². The average molecular weight is 787 g/mol. The molecule has 0 heteroatoms. The van der Waals surface area contributed by atoms with Crippen LogP contribution in [0.4, 0.5) is 0 Å². The number of benzene rings is 8. The van der Waals surface area contributed by atoms with Crippen molar-refractivity contribution in [2.24, 2.45) is 0 Å². The summed E-state index contributed by atoms with van der Waals surface area (Å²) >= 11 is 0. The van der Waals surface area contributed by atoms with E-state index in [1.54, 1.807) is 0 Å². The molecule has 298 valence electrons. The lowest BCUT2D eigenvalue weighted by atomic mass is 9.61. The van der Waals surface area contributed by atoms with Crippen LogP contribution < -0.4 is 0 Å². The molecule has 2 atom stereocenters. The second-order valence-corrected chi connectivity index (χ2v) is 20.2. The molecule has 0 fully saturated rings. The van der Waals surface area contributed by atoms with Crippen LogP contribution in [0.3, 0.4) is 0 Å². The van der Waals surface area contributed by atoms with Gasteiger partial charge in [0.05, 0.1) is 10.8 Å². The molecule has 0 bridgehead atoms. The summed E-state index contributed by atoms with van der Waals surface area (Å²) in [5.74, 6) is 0. The highest BCUT2D eigenvalue weighted by atomic mass is 14.5. The summed E-state index contributed by atoms with van der Waals surface area (Å²) in [7, 11) is 0. The maximum absolute atomic E-state index is 2.50. The predicted molar refractivity (Wildman–Crippen MR) is 256 cm³/mol. The molecule has 4 aliphatic rings. The highest BCUT2D eigenvalue weighted by molar-refractivity contribution is 5.95. The van der Waals surface area contributed by atoms with Crippen molar-refractivity contribution in [3.8, 4) is 33.4 Å². The molecule has 2 unspecified atom stereocenters. The molecule has 0 N–H and O–H groups in total. The second-order valence-electron chi connectivity index (χ2n) is 20.2. The van der Waals surface area contributed by atoms with E-state index in [9.17, 15) is 0 Å². The Morgan fingerprint density at radius 1 is 0.311 bits per heavy atom. The zero-order valence-corrected chi connectivity index (χ0v) is 36.9. The summed E-state index contributed by atoms with van der Waals surface area (Å²) in [4.78, 5) is 0. The molecule has 8 aromatic rings. The summed E-state index contributed by atoms with van der Waals surface area (Å²) in [6, 6.07) is 64.7. The summed E-state index contributed by atoms with van der Waals surface area (Å²) in [6.45, 7) is 18.3. The Balaban J connectivity index is 0.000000138. The molecule has 2 spiro atoms. The minimum absolute atomic E-state index is 0.106. The molecule has 0 saturated heterocycles. The van der Waals surface area contributed by atoms with Crippen LogP contribution in [0.2, 0.25) is 0 Å². The Morgan fingerprint density at radius 3 is 1.21 bits per heavy atom. The topological polar surface area (TPSA) is 0 Å². The van der Waals surface area contributed by atoms with E-state index in [0.717, 1.165) is 6.42 Å². The van der Waals surface area contributed by atoms with Gasteiger partial charge >= 0.3 is 0 Å². The fourth-order valence-corrected chi connectivity index (χ4v) is 11.7. The first-order valence-electron chi connectivity index (χ1n) is 22.2. The molecule has 0 aromatic heterocycles. The number of fused-ring (bicyclic) bond motifs is 19. The standard InChI is InChI=1S/C31H28.C30H26/c1-20-13-16-27-22(17-20)18-21-9-5-7-11-26(21)31(27)28-12-8-6-10-24(28)25-15-14-23(19-29(25)31)30(2,3)4;1-19-13-16-27-24(17-19)22-10-6-8-12-26(22)30(27)25-11-7-5-9-21(25)23-15-14-20(18-28(23)30)29(2,3)4/h5-17,19H,18H2,1-4H3;5-18H,1-4H3. The maximum atomic E-state index is 2.50. The summed E-state index contributed by atoms with van der Waals surface area (Å²) in [6.07, 6.45) is 1.01. The van der Waals surface area contributed by atoms with Gasteiger partial charge in [-0.15, -0.1) is 0 Å². The summed E-state index contributed by atoms with van der Waals surface area (Å²) < 4.78 is 0. The van der Waals surface area contributed by atoms with Crippen molar-refractivity contribution in [3.05, 3.63) is 248 Å². The van der Waals surface area contributed by atoms with Crippen LogP contribution in [-0.2, 0) is 28.1 Å². The molecular formula is C61H54. The van der Waals surface area contributed by atoms with Crippen molar-refractivity contribution in [1.29, 1.82) is 0 Å². The quantitative estimate of drug-likeness (QED) is 0.144. The molecule has 61 heavy (non-hydrogen) atoms. The Labute approximate surface area is 363 Å². The lowest BCUT2D eigenvalue weighted by Gasteiger charge is -2.40.